The molecule has 0 aromatic heterocycles. The van der Waals surface area contributed by atoms with Crippen LogP contribution in [-0.2, 0) is 4.79 Å². The van der Waals surface area contributed by atoms with E-state index in [1.807, 2.05) is 0 Å². The largest absolute Gasteiger partial charge is 0.368 e. The first-order valence-corrected chi connectivity index (χ1v) is 1.69. The van der Waals surface area contributed by atoms with Crippen LogP contribution in [0.1, 0.15) is 0 Å². The van der Waals surface area contributed by atoms with Crippen molar-refractivity contribution in [2.45, 2.75) is 6.23 Å². The zero-order valence-corrected chi connectivity index (χ0v) is 3.66. The zero-order chi connectivity index (χ0) is 5.70. The third kappa shape index (κ3) is 2.89. The lowest BCUT2D eigenvalue weighted by Crippen LogP contribution is -1.93. The predicted molar refractivity (Wildman–Crippen MR) is 24.3 cm³/mol. The van der Waals surface area contributed by atoms with Crippen molar-refractivity contribution in [3.05, 3.63) is 12.7 Å². The maximum Gasteiger partial charge on any atom is 0.238 e. The standard InChI is InChI=1S/C4H5NO2/c1-2-4(7)5-3-6/h2,4,7H,1H2. The van der Waals surface area contributed by atoms with Crippen LogP contribution in [0.4, 0.5) is 0 Å². The van der Waals surface area contributed by atoms with E-state index in [0.29, 0.717) is 0 Å². The molecule has 0 fully saturated rings. The van der Waals surface area contributed by atoms with Gasteiger partial charge in [0.25, 0.3) is 0 Å². The van der Waals surface area contributed by atoms with Gasteiger partial charge in [-0.3, -0.25) is 0 Å². The summed E-state index contributed by atoms with van der Waals surface area (Å²) in [6.07, 6.45) is 1.22. The van der Waals surface area contributed by atoms with Crippen LogP contribution in [-0.4, -0.2) is 17.4 Å². The highest BCUT2D eigenvalue weighted by Crippen LogP contribution is 1.79. The maximum atomic E-state index is 9.27. The Morgan fingerprint density at radius 3 is 2.71 bits per heavy atom. The summed E-state index contributed by atoms with van der Waals surface area (Å²) in [6.45, 7) is 3.16. The minimum atomic E-state index is -1.09. The molecule has 0 rings (SSSR count). The van der Waals surface area contributed by atoms with Gasteiger partial charge in [0.2, 0.25) is 6.08 Å². The van der Waals surface area contributed by atoms with Gasteiger partial charge in [0.15, 0.2) is 6.23 Å². The Kier molecular flexibility index (Phi) is 2.85. The lowest BCUT2D eigenvalue weighted by Gasteiger charge is -1.86. The van der Waals surface area contributed by atoms with Crippen LogP contribution in [0.15, 0.2) is 17.6 Å². The van der Waals surface area contributed by atoms with Gasteiger partial charge in [0.1, 0.15) is 0 Å². The van der Waals surface area contributed by atoms with Crippen molar-refractivity contribution in [2.24, 2.45) is 4.99 Å². The van der Waals surface area contributed by atoms with Crippen LogP contribution in [0.3, 0.4) is 0 Å². The summed E-state index contributed by atoms with van der Waals surface area (Å²) in [5.74, 6) is 0. The number of aliphatic imine (C=N–C) groups is 1. The minimum absolute atomic E-state index is 1.09. The second-order valence-electron chi connectivity index (χ2n) is 0.870. The molecule has 0 bridgehead atoms. The van der Waals surface area contributed by atoms with Crippen LogP contribution < -0.4 is 0 Å². The zero-order valence-electron chi connectivity index (χ0n) is 3.66. The van der Waals surface area contributed by atoms with Crippen molar-refractivity contribution in [2.75, 3.05) is 0 Å². The first-order valence-electron chi connectivity index (χ1n) is 1.69. The third-order valence-electron chi connectivity index (χ3n) is 0.396. The molecule has 0 aliphatic heterocycles. The first kappa shape index (κ1) is 6.08. The number of hydrogen-bond donors (Lipinski definition) is 1. The van der Waals surface area contributed by atoms with Gasteiger partial charge >= 0.3 is 0 Å². The van der Waals surface area contributed by atoms with Crippen LogP contribution >= 0.6 is 0 Å². The average Bonchev–Trinajstić information content (AvgIpc) is 1.68. The minimum Gasteiger partial charge on any atom is -0.368 e. The summed E-state index contributed by atoms with van der Waals surface area (Å²) >= 11 is 0. The highest BCUT2D eigenvalue weighted by atomic mass is 16.3. The van der Waals surface area contributed by atoms with Gasteiger partial charge in [0.05, 0.1) is 0 Å². The fourth-order valence-electron chi connectivity index (χ4n) is 0.107. The molecule has 0 radical (unpaired) electrons. The molecule has 0 aromatic rings. The molecular weight excluding hydrogens is 94.0 g/mol. The van der Waals surface area contributed by atoms with Gasteiger partial charge in [0, 0.05) is 0 Å². The second kappa shape index (κ2) is 3.28. The lowest BCUT2D eigenvalue weighted by molar-refractivity contribution is 0.234. The molecule has 0 saturated heterocycles. The molecule has 1 unspecified atom stereocenters. The van der Waals surface area contributed by atoms with E-state index in [2.05, 4.69) is 11.6 Å². The summed E-state index contributed by atoms with van der Waals surface area (Å²) < 4.78 is 0. The maximum absolute atomic E-state index is 9.27. The normalized spacial score (nSPS) is 11.6. The number of isocyanates is 1. The molecule has 0 amide bonds. The van der Waals surface area contributed by atoms with Crippen LogP contribution in [0.5, 0.6) is 0 Å². The molecule has 7 heavy (non-hydrogen) atoms. The monoisotopic (exact) mass is 99.0 g/mol. The molecule has 1 atom stereocenters. The molecule has 0 aliphatic carbocycles. The Hall–Kier alpha value is -0.920. The molecular formula is C4H5NO2. The Morgan fingerprint density at radius 2 is 2.57 bits per heavy atom. The van der Waals surface area contributed by atoms with Crippen LogP contribution in [0.2, 0.25) is 0 Å². The van der Waals surface area contributed by atoms with Crippen LogP contribution in [0, 0.1) is 0 Å². The Labute approximate surface area is 41.0 Å². The van der Waals surface area contributed by atoms with Gasteiger partial charge < -0.3 is 5.11 Å². The molecule has 3 heteroatoms. The number of aliphatic hydroxyl groups is 1. The van der Waals surface area contributed by atoms with Gasteiger partial charge in [-0.2, -0.15) is 4.99 Å². The predicted octanol–water partition coefficient (Wildman–Crippen LogP) is -0.173. The van der Waals surface area contributed by atoms with E-state index in [9.17, 15) is 4.79 Å². The smallest absolute Gasteiger partial charge is 0.238 e. The molecule has 0 saturated carbocycles. The third-order valence-corrected chi connectivity index (χ3v) is 0.396. The van der Waals surface area contributed by atoms with Crippen molar-refractivity contribution in [1.29, 1.82) is 0 Å². The van der Waals surface area contributed by atoms with Crippen molar-refractivity contribution < 1.29 is 9.90 Å². The quantitative estimate of drug-likeness (QED) is 0.297. The van der Waals surface area contributed by atoms with Gasteiger partial charge in [-0.05, 0) is 6.08 Å². The Balaban J connectivity index is 3.56. The average molecular weight is 99.1 g/mol. The number of rotatable bonds is 2. The highest BCUT2D eigenvalue weighted by Gasteiger charge is 1.85. The van der Waals surface area contributed by atoms with E-state index in [1.54, 1.807) is 0 Å². The van der Waals surface area contributed by atoms with E-state index in [0.717, 1.165) is 6.08 Å². The number of hydrogen-bond acceptors (Lipinski definition) is 3. The van der Waals surface area contributed by atoms with Gasteiger partial charge in [-0.25, -0.2) is 4.79 Å². The van der Waals surface area contributed by atoms with Crippen molar-refractivity contribution in [3.63, 3.8) is 0 Å². The van der Waals surface area contributed by atoms with E-state index < -0.39 is 6.23 Å². The molecule has 1 N–H and O–H groups in total. The van der Waals surface area contributed by atoms with E-state index >= 15 is 0 Å². The van der Waals surface area contributed by atoms with E-state index in [4.69, 9.17) is 5.11 Å². The Bertz CT molecular complexity index is 104. The molecule has 0 aromatic carbocycles. The van der Waals surface area contributed by atoms with E-state index in [-0.39, 0.29) is 0 Å². The molecule has 3 nitrogen and oxygen atoms in total. The Morgan fingerprint density at radius 1 is 2.00 bits per heavy atom. The summed E-state index contributed by atoms with van der Waals surface area (Å²) in [5.41, 5.74) is 0. The molecule has 0 heterocycles. The van der Waals surface area contributed by atoms with Crippen molar-refractivity contribution in [1.82, 2.24) is 0 Å². The summed E-state index contributed by atoms with van der Waals surface area (Å²) in [5, 5.41) is 8.31. The number of nitrogens with zero attached hydrogens (tertiary/aromatic N) is 1. The van der Waals surface area contributed by atoms with E-state index in [1.165, 1.54) is 6.08 Å². The topological polar surface area (TPSA) is 49.7 Å². The fraction of sp³-hybridized carbons (Fsp3) is 0.250. The van der Waals surface area contributed by atoms with Gasteiger partial charge in [-0.15, -0.1) is 0 Å². The van der Waals surface area contributed by atoms with Crippen molar-refractivity contribution in [3.8, 4) is 0 Å². The molecule has 0 spiro atoms. The molecule has 38 valence electrons. The van der Waals surface area contributed by atoms with Crippen molar-refractivity contribution >= 4 is 6.08 Å². The fourth-order valence-corrected chi connectivity index (χ4v) is 0.107. The summed E-state index contributed by atoms with van der Waals surface area (Å²) in [6, 6.07) is 0. The SMILES string of the molecule is C=CC(O)N=C=O. The van der Waals surface area contributed by atoms with Crippen LogP contribution in [0.25, 0.3) is 0 Å². The highest BCUT2D eigenvalue weighted by molar-refractivity contribution is 5.33. The summed E-state index contributed by atoms with van der Waals surface area (Å²) in [4.78, 5) is 12.1. The number of aliphatic hydroxyl groups excluding tert-OH is 1. The summed E-state index contributed by atoms with van der Waals surface area (Å²) in [7, 11) is 0. The lowest BCUT2D eigenvalue weighted by atomic mass is 10.6. The second-order valence-corrected chi connectivity index (χ2v) is 0.870. The van der Waals surface area contributed by atoms with Gasteiger partial charge in [-0.1, -0.05) is 6.58 Å². The number of carbonyl (C=O) groups excluding carboxylic acids is 1. The molecule has 0 aliphatic rings. The first-order chi connectivity index (χ1) is 3.31.